The molecule has 2 N–H and O–H groups in total. The number of carbonyl (C=O) groups excluding carboxylic acids is 1. The van der Waals surface area contributed by atoms with Crippen molar-refractivity contribution in [3.8, 4) is 0 Å². The van der Waals surface area contributed by atoms with E-state index in [9.17, 15) is 4.79 Å². The van der Waals surface area contributed by atoms with E-state index in [4.69, 9.17) is 5.73 Å². The van der Waals surface area contributed by atoms with Crippen molar-refractivity contribution in [2.24, 2.45) is 5.73 Å². The van der Waals surface area contributed by atoms with Gasteiger partial charge in [-0.1, -0.05) is 0 Å². The Kier molecular flexibility index (Phi) is 2.34. The molecule has 1 unspecified atom stereocenters. The highest BCUT2D eigenvalue weighted by Crippen LogP contribution is 2.12. The lowest BCUT2D eigenvalue weighted by Crippen LogP contribution is -2.36. The molecule has 1 aliphatic heterocycles. The van der Waals surface area contributed by atoms with Crippen molar-refractivity contribution in [3.05, 3.63) is 0 Å². The lowest BCUT2D eigenvalue weighted by atomic mass is 10.3. The quantitative estimate of drug-likeness (QED) is 0.598. The molecule has 0 aliphatic carbocycles. The van der Waals surface area contributed by atoms with Gasteiger partial charge >= 0.3 is 6.03 Å². The average molecular weight is 157 g/mol. The Balaban J connectivity index is 2.56. The summed E-state index contributed by atoms with van der Waals surface area (Å²) in [5, 5.41) is 0. The summed E-state index contributed by atoms with van der Waals surface area (Å²) in [5.41, 5.74) is 5.37. The molecular formula is C7H15N3O. The molecule has 11 heavy (non-hydrogen) atoms. The average Bonchev–Trinajstić information content (AvgIpc) is 2.17. The summed E-state index contributed by atoms with van der Waals surface area (Å²) in [7, 11) is 1.81. The zero-order chi connectivity index (χ0) is 8.43. The highest BCUT2D eigenvalue weighted by molar-refractivity contribution is 5.76. The molecule has 4 nitrogen and oxygen atoms in total. The Morgan fingerprint density at radius 2 is 2.36 bits per heavy atom. The maximum Gasteiger partial charge on any atom is 0.320 e. The topological polar surface area (TPSA) is 49.6 Å². The molecule has 0 spiro atoms. The summed E-state index contributed by atoms with van der Waals surface area (Å²) in [4.78, 5) is 14.8. The molecule has 0 saturated carbocycles. The molecule has 1 fully saturated rings. The monoisotopic (exact) mass is 157 g/mol. The summed E-state index contributed by atoms with van der Waals surface area (Å²) < 4.78 is 0. The normalized spacial score (nSPS) is 25.0. The minimum Gasteiger partial charge on any atom is -0.329 e. The van der Waals surface area contributed by atoms with Gasteiger partial charge in [0.25, 0.3) is 0 Å². The van der Waals surface area contributed by atoms with Crippen LogP contribution in [0.4, 0.5) is 4.79 Å². The number of urea groups is 1. The fraction of sp³-hybridized carbons (Fsp3) is 0.857. The molecule has 0 aromatic heterocycles. The standard InChI is InChI=1S/C7H15N3O/c1-6-5-9(2)7(11)10(6)4-3-8/h6H,3-5,8H2,1-2H3. The number of hydrogen-bond acceptors (Lipinski definition) is 2. The lowest BCUT2D eigenvalue weighted by Gasteiger charge is -2.18. The van der Waals surface area contributed by atoms with Gasteiger partial charge in [-0.25, -0.2) is 4.79 Å². The van der Waals surface area contributed by atoms with Crippen LogP contribution in [-0.4, -0.2) is 48.6 Å². The number of rotatable bonds is 2. The van der Waals surface area contributed by atoms with Gasteiger partial charge in [0.05, 0.1) is 0 Å². The summed E-state index contributed by atoms with van der Waals surface area (Å²) in [6.45, 7) is 4.07. The lowest BCUT2D eigenvalue weighted by molar-refractivity contribution is 0.194. The van der Waals surface area contributed by atoms with Gasteiger partial charge in [0.15, 0.2) is 0 Å². The summed E-state index contributed by atoms with van der Waals surface area (Å²) >= 11 is 0. The summed E-state index contributed by atoms with van der Waals surface area (Å²) in [6.07, 6.45) is 0. The van der Waals surface area contributed by atoms with Gasteiger partial charge < -0.3 is 15.5 Å². The molecular weight excluding hydrogens is 142 g/mol. The number of nitrogens with zero attached hydrogens (tertiary/aromatic N) is 2. The van der Waals surface area contributed by atoms with Crippen molar-refractivity contribution in [2.75, 3.05) is 26.7 Å². The van der Waals surface area contributed by atoms with Gasteiger partial charge in [-0.3, -0.25) is 0 Å². The zero-order valence-corrected chi connectivity index (χ0v) is 7.08. The van der Waals surface area contributed by atoms with Crippen LogP contribution in [0.25, 0.3) is 0 Å². The first kappa shape index (κ1) is 8.33. The molecule has 0 bridgehead atoms. The molecule has 4 heteroatoms. The predicted octanol–water partition coefficient (Wildman–Crippen LogP) is -0.299. The van der Waals surface area contributed by atoms with Gasteiger partial charge in [-0.05, 0) is 6.92 Å². The summed E-state index contributed by atoms with van der Waals surface area (Å²) in [5.74, 6) is 0. The maximum absolute atomic E-state index is 11.3. The van der Waals surface area contributed by atoms with Crippen LogP contribution in [0.5, 0.6) is 0 Å². The van der Waals surface area contributed by atoms with E-state index in [0.29, 0.717) is 19.1 Å². The molecule has 0 aromatic carbocycles. The second-order valence-electron chi connectivity index (χ2n) is 2.99. The number of likely N-dealkylation sites (N-methyl/N-ethyl adjacent to an activating group) is 1. The Morgan fingerprint density at radius 1 is 1.73 bits per heavy atom. The van der Waals surface area contributed by atoms with Gasteiger partial charge in [-0.15, -0.1) is 0 Å². The van der Waals surface area contributed by atoms with Crippen LogP contribution in [0.2, 0.25) is 0 Å². The number of carbonyl (C=O) groups is 1. The smallest absolute Gasteiger partial charge is 0.320 e. The first-order valence-electron chi connectivity index (χ1n) is 3.88. The van der Waals surface area contributed by atoms with Gasteiger partial charge in [0.2, 0.25) is 0 Å². The molecule has 2 amide bonds. The van der Waals surface area contributed by atoms with Crippen molar-refractivity contribution in [1.29, 1.82) is 0 Å². The zero-order valence-electron chi connectivity index (χ0n) is 7.08. The number of hydrogen-bond donors (Lipinski definition) is 1. The predicted molar refractivity (Wildman–Crippen MR) is 43.2 cm³/mol. The Bertz CT molecular complexity index is 160. The SMILES string of the molecule is CC1CN(C)C(=O)N1CCN. The largest absolute Gasteiger partial charge is 0.329 e. The van der Waals surface area contributed by atoms with Crippen LogP contribution < -0.4 is 5.73 Å². The molecule has 1 heterocycles. The Morgan fingerprint density at radius 3 is 2.73 bits per heavy atom. The van der Waals surface area contributed by atoms with Crippen LogP contribution in [0.15, 0.2) is 0 Å². The Labute approximate surface area is 66.9 Å². The minimum absolute atomic E-state index is 0.1000. The van der Waals surface area contributed by atoms with Crippen molar-refractivity contribution in [2.45, 2.75) is 13.0 Å². The second-order valence-corrected chi connectivity index (χ2v) is 2.99. The van der Waals surface area contributed by atoms with E-state index in [1.807, 2.05) is 14.0 Å². The van der Waals surface area contributed by atoms with E-state index in [2.05, 4.69) is 0 Å². The van der Waals surface area contributed by atoms with E-state index < -0.39 is 0 Å². The summed E-state index contributed by atoms with van der Waals surface area (Å²) in [6, 6.07) is 0.416. The highest BCUT2D eigenvalue weighted by Gasteiger charge is 2.30. The first-order valence-corrected chi connectivity index (χ1v) is 3.88. The molecule has 1 aliphatic rings. The molecule has 0 radical (unpaired) electrons. The second kappa shape index (κ2) is 3.09. The van der Waals surface area contributed by atoms with Gasteiger partial charge in [0, 0.05) is 32.7 Å². The van der Waals surface area contributed by atoms with Crippen LogP contribution >= 0.6 is 0 Å². The molecule has 1 rings (SSSR count). The van der Waals surface area contributed by atoms with Crippen LogP contribution in [-0.2, 0) is 0 Å². The molecule has 64 valence electrons. The van der Waals surface area contributed by atoms with Crippen molar-refractivity contribution in [3.63, 3.8) is 0 Å². The molecule has 0 aromatic rings. The highest BCUT2D eigenvalue weighted by atomic mass is 16.2. The van der Waals surface area contributed by atoms with E-state index in [0.717, 1.165) is 6.54 Å². The Hall–Kier alpha value is -0.770. The molecule has 1 atom stereocenters. The third-order valence-corrected chi connectivity index (χ3v) is 2.01. The number of nitrogens with two attached hydrogens (primary N) is 1. The third-order valence-electron chi connectivity index (χ3n) is 2.01. The van der Waals surface area contributed by atoms with Crippen LogP contribution in [0, 0.1) is 0 Å². The third kappa shape index (κ3) is 1.45. The van der Waals surface area contributed by atoms with E-state index >= 15 is 0 Å². The van der Waals surface area contributed by atoms with Crippen molar-refractivity contribution >= 4 is 6.03 Å². The fourth-order valence-electron chi connectivity index (χ4n) is 1.44. The van der Waals surface area contributed by atoms with Crippen LogP contribution in [0.3, 0.4) is 0 Å². The van der Waals surface area contributed by atoms with E-state index in [1.165, 1.54) is 0 Å². The van der Waals surface area contributed by atoms with Crippen molar-refractivity contribution in [1.82, 2.24) is 9.80 Å². The first-order chi connectivity index (χ1) is 5.16. The van der Waals surface area contributed by atoms with E-state index in [-0.39, 0.29) is 6.03 Å². The van der Waals surface area contributed by atoms with Gasteiger partial charge in [-0.2, -0.15) is 0 Å². The van der Waals surface area contributed by atoms with E-state index in [1.54, 1.807) is 9.80 Å². The molecule has 1 saturated heterocycles. The number of amides is 2. The minimum atomic E-state index is 0.1000. The van der Waals surface area contributed by atoms with Crippen molar-refractivity contribution < 1.29 is 4.79 Å². The maximum atomic E-state index is 11.3. The van der Waals surface area contributed by atoms with Crippen LogP contribution in [0.1, 0.15) is 6.92 Å². The van der Waals surface area contributed by atoms with Gasteiger partial charge in [0.1, 0.15) is 0 Å². The fourth-order valence-corrected chi connectivity index (χ4v) is 1.44.